The third-order valence-electron chi connectivity index (χ3n) is 4.71. The molecule has 1 aliphatic carbocycles. The van der Waals surface area contributed by atoms with Crippen molar-refractivity contribution in [1.29, 1.82) is 5.26 Å². The Morgan fingerprint density at radius 1 is 1.42 bits per heavy atom. The molecule has 19 heavy (non-hydrogen) atoms. The van der Waals surface area contributed by atoms with E-state index in [1.54, 1.807) is 0 Å². The normalized spacial score (nSPS) is 28.0. The maximum atomic E-state index is 10.8. The number of aliphatic hydroxyl groups is 1. The van der Waals surface area contributed by atoms with Gasteiger partial charge in [0.15, 0.2) is 0 Å². The van der Waals surface area contributed by atoms with Crippen molar-refractivity contribution in [3.63, 3.8) is 0 Å². The number of aliphatic hydroxyl groups excluding tert-OH is 1. The summed E-state index contributed by atoms with van der Waals surface area (Å²) in [6, 6.07) is 10.4. The van der Waals surface area contributed by atoms with Gasteiger partial charge in [-0.1, -0.05) is 44.5 Å². The van der Waals surface area contributed by atoms with Gasteiger partial charge in [-0.25, -0.2) is 0 Å². The Bertz CT molecular complexity index is 476. The fraction of sp³-hybridized carbons (Fsp3) is 0.588. The van der Waals surface area contributed by atoms with E-state index in [9.17, 15) is 10.4 Å². The molecular formula is C17H23NO. The van der Waals surface area contributed by atoms with Crippen LogP contribution in [0.15, 0.2) is 24.3 Å². The Kier molecular flexibility index (Phi) is 4.27. The summed E-state index contributed by atoms with van der Waals surface area (Å²) in [5.41, 5.74) is 1.53. The molecule has 0 bridgehead atoms. The molecule has 1 aromatic carbocycles. The molecule has 0 aromatic heterocycles. The molecule has 0 radical (unpaired) electrons. The van der Waals surface area contributed by atoms with Crippen LogP contribution in [0.1, 0.15) is 56.8 Å². The summed E-state index contributed by atoms with van der Waals surface area (Å²) in [4.78, 5) is 0. The zero-order valence-electron chi connectivity index (χ0n) is 11.9. The van der Waals surface area contributed by atoms with E-state index in [2.05, 4.69) is 26.0 Å². The second-order valence-corrected chi connectivity index (χ2v) is 5.74. The van der Waals surface area contributed by atoms with E-state index in [1.165, 1.54) is 0 Å². The van der Waals surface area contributed by atoms with Gasteiger partial charge in [0, 0.05) is 0 Å². The third-order valence-corrected chi connectivity index (χ3v) is 4.71. The maximum Gasteiger partial charge on any atom is 0.0979 e. The molecule has 1 fully saturated rings. The zero-order chi connectivity index (χ0) is 13.9. The van der Waals surface area contributed by atoms with Crippen LogP contribution in [0.5, 0.6) is 0 Å². The van der Waals surface area contributed by atoms with Crippen molar-refractivity contribution in [2.24, 2.45) is 11.3 Å². The van der Waals surface area contributed by atoms with E-state index in [4.69, 9.17) is 0 Å². The van der Waals surface area contributed by atoms with Crippen molar-refractivity contribution < 1.29 is 5.11 Å². The molecule has 1 N–H and O–H groups in total. The molecule has 0 heterocycles. The Morgan fingerprint density at radius 2 is 2.16 bits per heavy atom. The summed E-state index contributed by atoms with van der Waals surface area (Å²) in [6.45, 7) is 4.26. The van der Waals surface area contributed by atoms with Crippen LogP contribution < -0.4 is 0 Å². The van der Waals surface area contributed by atoms with Gasteiger partial charge in [0.1, 0.15) is 0 Å². The molecular weight excluding hydrogens is 234 g/mol. The van der Waals surface area contributed by atoms with E-state index < -0.39 is 11.5 Å². The summed E-state index contributed by atoms with van der Waals surface area (Å²) in [5, 5.41) is 20.4. The van der Waals surface area contributed by atoms with Crippen molar-refractivity contribution >= 4 is 0 Å². The molecule has 1 saturated carbocycles. The monoisotopic (exact) mass is 257 g/mol. The van der Waals surface area contributed by atoms with E-state index in [0.717, 1.165) is 43.2 Å². The number of aryl methyl sites for hydroxylation is 1. The van der Waals surface area contributed by atoms with Crippen molar-refractivity contribution in [3.8, 4) is 6.07 Å². The van der Waals surface area contributed by atoms with E-state index >= 15 is 0 Å². The highest BCUT2D eigenvalue weighted by atomic mass is 16.3. The highest BCUT2D eigenvalue weighted by molar-refractivity contribution is 5.32. The van der Waals surface area contributed by atoms with Crippen molar-refractivity contribution in [3.05, 3.63) is 35.4 Å². The SMILES string of the molecule is CCc1ccccc1C(O)C1(C#N)CCC(CC)C1. The Hall–Kier alpha value is -1.33. The summed E-state index contributed by atoms with van der Waals surface area (Å²) >= 11 is 0. The topological polar surface area (TPSA) is 44.0 Å². The van der Waals surface area contributed by atoms with Crippen molar-refractivity contribution in [2.45, 2.75) is 52.1 Å². The molecule has 3 unspecified atom stereocenters. The van der Waals surface area contributed by atoms with Gasteiger partial charge in [-0.05, 0) is 42.7 Å². The smallest absolute Gasteiger partial charge is 0.0979 e. The van der Waals surface area contributed by atoms with Gasteiger partial charge >= 0.3 is 0 Å². The fourth-order valence-corrected chi connectivity index (χ4v) is 3.36. The lowest BCUT2D eigenvalue weighted by Gasteiger charge is -2.29. The van der Waals surface area contributed by atoms with Crippen molar-refractivity contribution in [1.82, 2.24) is 0 Å². The summed E-state index contributed by atoms with van der Waals surface area (Å²) in [6.07, 6.45) is 4.07. The largest absolute Gasteiger partial charge is 0.387 e. The molecule has 1 aliphatic rings. The molecule has 0 spiro atoms. The van der Waals surface area contributed by atoms with Crippen LogP contribution in [0.4, 0.5) is 0 Å². The second-order valence-electron chi connectivity index (χ2n) is 5.74. The average Bonchev–Trinajstić information content (AvgIpc) is 2.91. The van der Waals surface area contributed by atoms with E-state index in [-0.39, 0.29) is 0 Å². The van der Waals surface area contributed by atoms with Crippen LogP contribution in [0.2, 0.25) is 0 Å². The van der Waals surface area contributed by atoms with Gasteiger partial charge in [-0.3, -0.25) is 0 Å². The van der Waals surface area contributed by atoms with Crippen LogP contribution in [0.25, 0.3) is 0 Å². The second kappa shape index (κ2) is 5.75. The highest BCUT2D eigenvalue weighted by Gasteiger charge is 2.45. The van der Waals surface area contributed by atoms with Crippen LogP contribution in [0, 0.1) is 22.7 Å². The Balaban J connectivity index is 2.32. The predicted molar refractivity (Wildman–Crippen MR) is 76.5 cm³/mol. The van der Waals surface area contributed by atoms with Gasteiger partial charge < -0.3 is 5.11 Å². The van der Waals surface area contributed by atoms with Crippen LogP contribution in [-0.2, 0) is 6.42 Å². The number of nitrogens with zero attached hydrogens (tertiary/aromatic N) is 1. The molecule has 2 rings (SSSR count). The first-order valence-electron chi connectivity index (χ1n) is 7.34. The predicted octanol–water partition coefficient (Wildman–Crippen LogP) is 4.00. The molecule has 1 aromatic rings. The molecule has 2 heteroatoms. The van der Waals surface area contributed by atoms with Crippen LogP contribution in [0.3, 0.4) is 0 Å². The molecule has 0 aliphatic heterocycles. The highest BCUT2D eigenvalue weighted by Crippen LogP contribution is 2.50. The third kappa shape index (κ3) is 2.53. The molecule has 2 nitrogen and oxygen atoms in total. The molecule has 102 valence electrons. The number of rotatable bonds is 4. The molecule has 0 saturated heterocycles. The first-order chi connectivity index (χ1) is 9.16. The quantitative estimate of drug-likeness (QED) is 0.886. The van der Waals surface area contributed by atoms with E-state index in [1.807, 2.05) is 18.2 Å². The summed E-state index contributed by atoms with van der Waals surface area (Å²) in [5.74, 6) is 0.586. The lowest BCUT2D eigenvalue weighted by atomic mass is 9.76. The summed E-state index contributed by atoms with van der Waals surface area (Å²) < 4.78 is 0. The Morgan fingerprint density at radius 3 is 2.74 bits per heavy atom. The Labute approximate surface area is 116 Å². The van der Waals surface area contributed by atoms with Crippen LogP contribution >= 0.6 is 0 Å². The number of nitriles is 1. The standard InChI is InChI=1S/C17H23NO/c1-3-13-9-10-17(11-13,12-18)16(19)15-8-6-5-7-14(15)4-2/h5-8,13,16,19H,3-4,9-11H2,1-2H3. The number of hydrogen-bond acceptors (Lipinski definition) is 2. The minimum Gasteiger partial charge on any atom is -0.387 e. The van der Waals surface area contributed by atoms with E-state index in [0.29, 0.717) is 5.92 Å². The minimum absolute atomic E-state index is 0.577. The van der Waals surface area contributed by atoms with Gasteiger partial charge in [-0.15, -0.1) is 0 Å². The number of hydrogen-bond donors (Lipinski definition) is 1. The van der Waals surface area contributed by atoms with Gasteiger partial charge in [-0.2, -0.15) is 5.26 Å². The lowest BCUT2D eigenvalue weighted by Crippen LogP contribution is -2.25. The zero-order valence-corrected chi connectivity index (χ0v) is 11.9. The molecule has 0 amide bonds. The average molecular weight is 257 g/mol. The first kappa shape index (κ1) is 14.1. The summed E-state index contributed by atoms with van der Waals surface area (Å²) in [7, 11) is 0. The lowest BCUT2D eigenvalue weighted by molar-refractivity contribution is 0.0633. The van der Waals surface area contributed by atoms with Crippen molar-refractivity contribution in [2.75, 3.05) is 0 Å². The first-order valence-corrected chi connectivity index (χ1v) is 7.34. The molecule has 3 atom stereocenters. The van der Waals surface area contributed by atoms with Gasteiger partial charge in [0.25, 0.3) is 0 Å². The minimum atomic E-state index is -0.648. The van der Waals surface area contributed by atoms with Crippen LogP contribution in [-0.4, -0.2) is 5.11 Å². The fourth-order valence-electron chi connectivity index (χ4n) is 3.36. The number of benzene rings is 1. The van der Waals surface area contributed by atoms with Gasteiger partial charge in [0.2, 0.25) is 0 Å². The van der Waals surface area contributed by atoms with Gasteiger partial charge in [0.05, 0.1) is 17.6 Å². The maximum absolute atomic E-state index is 10.8.